The Hall–Kier alpha value is -1.55. The van der Waals surface area contributed by atoms with Crippen molar-refractivity contribution in [3.05, 3.63) is 28.8 Å². The number of hydrogen-bond acceptors (Lipinski definition) is 3. The quantitative estimate of drug-likeness (QED) is 0.765. The third-order valence-electron chi connectivity index (χ3n) is 2.90. The molecule has 18 heavy (non-hydrogen) atoms. The van der Waals surface area contributed by atoms with Crippen LogP contribution >= 0.6 is 0 Å². The number of carbonyl (C=O) groups is 1. The predicted octanol–water partition coefficient (Wildman–Crippen LogP) is 2.17. The van der Waals surface area contributed by atoms with Crippen molar-refractivity contribution in [3.8, 4) is 5.75 Å². The molecule has 0 unspecified atom stereocenters. The largest absolute Gasteiger partial charge is 0.507 e. The maximum atomic E-state index is 10.6. The Morgan fingerprint density at radius 1 is 1.33 bits per heavy atom. The van der Waals surface area contributed by atoms with E-state index in [-0.39, 0.29) is 24.1 Å². The molecule has 0 spiro atoms. The SMILES string of the molecule is CC(C)(C)c1cc(CCC(=O)O)cc(CN)c1O. The van der Waals surface area contributed by atoms with Crippen LogP contribution in [0.2, 0.25) is 0 Å². The van der Waals surface area contributed by atoms with Gasteiger partial charge in [-0.1, -0.05) is 32.9 Å². The minimum atomic E-state index is -0.824. The number of nitrogens with two attached hydrogens (primary N) is 1. The molecule has 4 heteroatoms. The number of benzene rings is 1. The van der Waals surface area contributed by atoms with Crippen LogP contribution in [0.5, 0.6) is 5.75 Å². The molecule has 0 aliphatic rings. The molecule has 4 nitrogen and oxygen atoms in total. The zero-order valence-electron chi connectivity index (χ0n) is 11.2. The van der Waals surface area contributed by atoms with Crippen molar-refractivity contribution in [1.82, 2.24) is 0 Å². The van der Waals surface area contributed by atoms with Gasteiger partial charge in [-0.25, -0.2) is 0 Å². The van der Waals surface area contributed by atoms with Crippen molar-refractivity contribution in [2.75, 3.05) is 0 Å². The van der Waals surface area contributed by atoms with Gasteiger partial charge in [0.1, 0.15) is 5.75 Å². The molecule has 1 rings (SSSR count). The molecule has 0 saturated heterocycles. The number of rotatable bonds is 4. The molecule has 100 valence electrons. The van der Waals surface area contributed by atoms with Crippen LogP contribution < -0.4 is 5.73 Å². The number of aryl methyl sites for hydroxylation is 1. The molecule has 0 aromatic heterocycles. The van der Waals surface area contributed by atoms with E-state index in [1.807, 2.05) is 26.8 Å². The Kier molecular flexibility index (Phi) is 4.35. The van der Waals surface area contributed by atoms with Crippen molar-refractivity contribution in [2.24, 2.45) is 5.73 Å². The fourth-order valence-electron chi connectivity index (χ4n) is 1.88. The number of phenolic OH excluding ortho intramolecular Hbond substituents is 1. The van der Waals surface area contributed by atoms with E-state index in [0.717, 1.165) is 11.1 Å². The van der Waals surface area contributed by atoms with Crippen molar-refractivity contribution in [2.45, 2.75) is 45.6 Å². The van der Waals surface area contributed by atoms with Crippen LogP contribution in [-0.4, -0.2) is 16.2 Å². The van der Waals surface area contributed by atoms with E-state index < -0.39 is 5.97 Å². The Labute approximate surface area is 107 Å². The Morgan fingerprint density at radius 3 is 2.39 bits per heavy atom. The van der Waals surface area contributed by atoms with Gasteiger partial charge in [-0.3, -0.25) is 4.79 Å². The van der Waals surface area contributed by atoms with E-state index in [4.69, 9.17) is 10.8 Å². The van der Waals surface area contributed by atoms with Gasteiger partial charge in [0.2, 0.25) is 0 Å². The van der Waals surface area contributed by atoms with E-state index in [1.54, 1.807) is 6.07 Å². The Balaban J connectivity index is 3.18. The highest BCUT2D eigenvalue weighted by Gasteiger charge is 2.21. The molecule has 0 heterocycles. The third kappa shape index (κ3) is 3.47. The summed E-state index contributed by atoms with van der Waals surface area (Å²) in [6.45, 7) is 6.26. The van der Waals surface area contributed by atoms with E-state index >= 15 is 0 Å². The number of aromatic hydroxyl groups is 1. The second kappa shape index (κ2) is 5.40. The van der Waals surface area contributed by atoms with Crippen molar-refractivity contribution >= 4 is 5.97 Å². The molecule has 0 radical (unpaired) electrons. The van der Waals surface area contributed by atoms with E-state index in [1.165, 1.54) is 0 Å². The molecular weight excluding hydrogens is 230 g/mol. The second-order valence-electron chi connectivity index (χ2n) is 5.50. The summed E-state index contributed by atoms with van der Waals surface area (Å²) in [7, 11) is 0. The number of hydrogen-bond donors (Lipinski definition) is 3. The predicted molar refractivity (Wildman–Crippen MR) is 70.7 cm³/mol. The average Bonchev–Trinajstić information content (AvgIpc) is 2.25. The second-order valence-corrected chi connectivity index (χ2v) is 5.50. The summed E-state index contributed by atoms with van der Waals surface area (Å²) in [4.78, 5) is 10.6. The molecule has 1 aromatic carbocycles. The van der Waals surface area contributed by atoms with Crippen LogP contribution in [0.4, 0.5) is 0 Å². The Morgan fingerprint density at radius 2 is 1.94 bits per heavy atom. The molecule has 0 bridgehead atoms. The van der Waals surface area contributed by atoms with Crippen LogP contribution in [0, 0.1) is 0 Å². The summed E-state index contributed by atoms with van der Waals surface area (Å²) >= 11 is 0. The molecule has 0 amide bonds. The Bertz CT molecular complexity index is 447. The topological polar surface area (TPSA) is 83.5 Å². The molecular formula is C14H21NO3. The average molecular weight is 251 g/mol. The van der Waals surface area contributed by atoms with Crippen LogP contribution in [0.25, 0.3) is 0 Å². The molecule has 0 aliphatic heterocycles. The van der Waals surface area contributed by atoms with Gasteiger partial charge in [0.15, 0.2) is 0 Å². The standard InChI is InChI=1S/C14H21NO3/c1-14(2,3)11-7-9(4-5-12(16)17)6-10(8-15)13(11)18/h6-7,18H,4-5,8,15H2,1-3H3,(H,16,17). The molecule has 4 N–H and O–H groups in total. The van der Waals surface area contributed by atoms with Crippen molar-refractivity contribution in [1.29, 1.82) is 0 Å². The lowest BCUT2D eigenvalue weighted by Gasteiger charge is -2.23. The smallest absolute Gasteiger partial charge is 0.303 e. The third-order valence-corrected chi connectivity index (χ3v) is 2.90. The lowest BCUT2D eigenvalue weighted by molar-refractivity contribution is -0.136. The number of phenols is 1. The molecule has 0 atom stereocenters. The summed E-state index contributed by atoms with van der Waals surface area (Å²) in [5.41, 5.74) is 7.79. The van der Waals surface area contributed by atoms with E-state index in [0.29, 0.717) is 12.0 Å². The first kappa shape index (κ1) is 14.5. The fraction of sp³-hybridized carbons (Fsp3) is 0.500. The van der Waals surface area contributed by atoms with Gasteiger partial charge in [0, 0.05) is 18.5 Å². The van der Waals surface area contributed by atoms with Crippen LogP contribution in [0.3, 0.4) is 0 Å². The van der Waals surface area contributed by atoms with E-state index in [2.05, 4.69) is 0 Å². The molecule has 0 aliphatic carbocycles. The fourth-order valence-corrected chi connectivity index (χ4v) is 1.88. The van der Waals surface area contributed by atoms with Gasteiger partial charge < -0.3 is 15.9 Å². The highest BCUT2D eigenvalue weighted by molar-refractivity contribution is 5.67. The summed E-state index contributed by atoms with van der Waals surface area (Å²) in [5.74, 6) is -0.598. The molecule has 0 fully saturated rings. The first-order chi connectivity index (χ1) is 8.25. The maximum Gasteiger partial charge on any atom is 0.303 e. The lowest BCUT2D eigenvalue weighted by atomic mass is 9.83. The lowest BCUT2D eigenvalue weighted by Crippen LogP contribution is -2.14. The summed E-state index contributed by atoms with van der Waals surface area (Å²) in [6.07, 6.45) is 0.532. The normalized spacial score (nSPS) is 11.6. The highest BCUT2D eigenvalue weighted by atomic mass is 16.4. The number of carboxylic acid groups (broad SMARTS) is 1. The van der Waals surface area contributed by atoms with Gasteiger partial charge >= 0.3 is 5.97 Å². The maximum absolute atomic E-state index is 10.6. The van der Waals surface area contributed by atoms with Gasteiger partial charge in [0.25, 0.3) is 0 Å². The number of carboxylic acids is 1. The van der Waals surface area contributed by atoms with Crippen molar-refractivity contribution in [3.63, 3.8) is 0 Å². The number of aliphatic carboxylic acids is 1. The van der Waals surface area contributed by atoms with Gasteiger partial charge in [-0.2, -0.15) is 0 Å². The first-order valence-corrected chi connectivity index (χ1v) is 6.02. The summed E-state index contributed by atoms with van der Waals surface area (Å²) < 4.78 is 0. The highest BCUT2D eigenvalue weighted by Crippen LogP contribution is 2.34. The van der Waals surface area contributed by atoms with Gasteiger partial charge in [-0.15, -0.1) is 0 Å². The molecule has 0 saturated carbocycles. The van der Waals surface area contributed by atoms with Crippen LogP contribution in [0.1, 0.15) is 43.9 Å². The van der Waals surface area contributed by atoms with Crippen LogP contribution in [0.15, 0.2) is 12.1 Å². The first-order valence-electron chi connectivity index (χ1n) is 6.02. The van der Waals surface area contributed by atoms with Crippen molar-refractivity contribution < 1.29 is 15.0 Å². The van der Waals surface area contributed by atoms with Crippen LogP contribution in [-0.2, 0) is 23.2 Å². The summed E-state index contributed by atoms with van der Waals surface area (Å²) in [6, 6.07) is 3.66. The zero-order valence-corrected chi connectivity index (χ0v) is 11.2. The monoisotopic (exact) mass is 251 g/mol. The molecule has 1 aromatic rings. The summed E-state index contributed by atoms with van der Waals surface area (Å²) in [5, 5.41) is 18.8. The van der Waals surface area contributed by atoms with Gasteiger partial charge in [0.05, 0.1) is 0 Å². The minimum Gasteiger partial charge on any atom is -0.507 e. The zero-order chi connectivity index (χ0) is 13.9. The van der Waals surface area contributed by atoms with E-state index in [9.17, 15) is 9.90 Å². The minimum absolute atomic E-state index is 0.0817. The van der Waals surface area contributed by atoms with Gasteiger partial charge in [-0.05, 0) is 23.0 Å².